The van der Waals surface area contributed by atoms with Gasteiger partial charge in [0, 0.05) is 0 Å². The summed E-state index contributed by atoms with van der Waals surface area (Å²) in [6.07, 6.45) is 4.10. The maximum absolute atomic E-state index is 4.10. The number of allylic oxidation sites excluding steroid dienone is 4. The van der Waals surface area contributed by atoms with Gasteiger partial charge in [-0.05, 0) is 79.4 Å². The molecule has 0 heterocycles. The zero-order valence-corrected chi connectivity index (χ0v) is 28.8. The van der Waals surface area contributed by atoms with E-state index in [1.165, 1.54) is 65.7 Å². The normalized spacial score (nSPS) is 16.5. The van der Waals surface area contributed by atoms with Crippen LogP contribution in [0.25, 0.3) is 0 Å². The first-order valence-corrected chi connectivity index (χ1v) is 14.5. The van der Waals surface area contributed by atoms with Crippen molar-refractivity contribution < 1.29 is 21.7 Å². The van der Waals surface area contributed by atoms with E-state index in [9.17, 15) is 0 Å². The fourth-order valence-corrected chi connectivity index (χ4v) is 13.2. The van der Waals surface area contributed by atoms with Crippen molar-refractivity contribution in [2.24, 2.45) is 0 Å². The van der Waals surface area contributed by atoms with Gasteiger partial charge < -0.3 is 22.3 Å². The minimum absolute atomic E-state index is 0. The standard InChI is InChI=1S/C33H39Si.3CH3.Ti/c1-21-17-22(2)19-30(18-21)34(31-15-11-13-23(3)27(31)7,32-16-12-14-24(4)28(32)8)33(10)20-25(5)26(6)29(33)9;;;;/h11-19H,1-10H3;3*1H3;/q4*-1;+4. The van der Waals surface area contributed by atoms with Gasteiger partial charge in [-0.15, -0.1) is 6.92 Å². The van der Waals surface area contributed by atoms with Crippen molar-refractivity contribution in [2.45, 2.75) is 74.3 Å². The molecule has 0 aromatic heterocycles. The van der Waals surface area contributed by atoms with E-state index < -0.39 is 8.07 Å². The molecule has 3 aromatic rings. The van der Waals surface area contributed by atoms with Crippen LogP contribution in [0.5, 0.6) is 0 Å². The maximum atomic E-state index is 4.10. The van der Waals surface area contributed by atoms with Crippen molar-refractivity contribution >= 4 is 23.6 Å². The maximum Gasteiger partial charge on any atom is 4.00 e. The third-order valence-corrected chi connectivity index (χ3v) is 14.6. The molecule has 1 aliphatic rings. The van der Waals surface area contributed by atoms with E-state index in [1.54, 1.807) is 0 Å². The van der Waals surface area contributed by atoms with Gasteiger partial charge in [-0.1, -0.05) is 91.5 Å². The molecule has 0 saturated carbocycles. The van der Waals surface area contributed by atoms with Crippen LogP contribution in [0.3, 0.4) is 0 Å². The zero-order chi connectivity index (χ0) is 25.0. The molecule has 200 valence electrons. The third kappa shape index (κ3) is 5.27. The van der Waals surface area contributed by atoms with E-state index in [0.29, 0.717) is 0 Å². The van der Waals surface area contributed by atoms with Crippen molar-refractivity contribution in [3.8, 4) is 0 Å². The summed E-state index contributed by atoms with van der Waals surface area (Å²) in [4.78, 5) is 0. The van der Waals surface area contributed by atoms with Crippen molar-refractivity contribution in [3.05, 3.63) is 133 Å². The van der Waals surface area contributed by atoms with Crippen molar-refractivity contribution in [1.29, 1.82) is 0 Å². The van der Waals surface area contributed by atoms with Crippen LogP contribution in [0.15, 0.2) is 71.3 Å². The molecule has 0 bridgehead atoms. The molecular weight excluding hydrogens is 508 g/mol. The Morgan fingerprint density at radius 2 is 1.05 bits per heavy atom. The van der Waals surface area contributed by atoms with E-state index in [0.717, 1.165) is 0 Å². The van der Waals surface area contributed by atoms with Crippen LogP contribution in [-0.4, -0.2) is 8.07 Å². The summed E-state index contributed by atoms with van der Waals surface area (Å²) in [7, 11) is -2.67. The van der Waals surface area contributed by atoms with Gasteiger partial charge >= 0.3 is 21.7 Å². The molecule has 0 spiro atoms. The SMILES string of the molecule is CC1=[C-]C(C)([Si](c2cc(C)cc(C)c2)(c2cccc(C)c2C)c2cccc(C)c2C)C(C)=C1C.[CH3-].[CH3-].[CH3-].[Ti+4]. The average Bonchev–Trinajstić information content (AvgIpc) is 2.97. The van der Waals surface area contributed by atoms with E-state index in [4.69, 9.17) is 0 Å². The molecule has 1 aliphatic carbocycles. The second-order valence-electron chi connectivity index (χ2n) is 10.7. The van der Waals surface area contributed by atoms with Crippen LogP contribution < -0.4 is 15.6 Å². The molecule has 0 nitrogen and oxygen atoms in total. The molecule has 0 saturated heterocycles. The number of hydrogen-bond donors (Lipinski definition) is 0. The Morgan fingerprint density at radius 1 is 0.632 bits per heavy atom. The molecule has 1 atom stereocenters. The van der Waals surface area contributed by atoms with E-state index in [2.05, 4.69) is 130 Å². The zero-order valence-electron chi connectivity index (χ0n) is 26.2. The van der Waals surface area contributed by atoms with Gasteiger partial charge in [0.15, 0.2) is 0 Å². The first-order valence-electron chi connectivity index (χ1n) is 12.5. The molecule has 0 radical (unpaired) electrons. The summed E-state index contributed by atoms with van der Waals surface area (Å²) in [5.41, 5.74) is 12.4. The van der Waals surface area contributed by atoms with Crippen LogP contribution in [0, 0.1) is 69.9 Å². The second kappa shape index (κ2) is 12.9. The Bertz CT molecular complexity index is 1290. The molecule has 0 amide bonds. The van der Waals surface area contributed by atoms with E-state index >= 15 is 0 Å². The predicted octanol–water partition coefficient (Wildman–Crippen LogP) is 8.22. The molecule has 3 aromatic carbocycles. The van der Waals surface area contributed by atoms with Crippen molar-refractivity contribution in [2.75, 3.05) is 0 Å². The Labute approximate surface area is 251 Å². The second-order valence-corrected chi connectivity index (χ2v) is 14.9. The quantitative estimate of drug-likeness (QED) is 0.173. The number of aryl methyl sites for hydroxylation is 4. The smallest absolute Gasteiger partial charge is 0.358 e. The summed E-state index contributed by atoms with van der Waals surface area (Å²) < 4.78 is 0. The van der Waals surface area contributed by atoms with Crippen LogP contribution in [-0.2, 0) is 21.7 Å². The van der Waals surface area contributed by atoms with Crippen molar-refractivity contribution in [3.63, 3.8) is 0 Å². The first-order chi connectivity index (χ1) is 15.9. The van der Waals surface area contributed by atoms with Gasteiger partial charge in [-0.3, -0.25) is 6.08 Å². The first kappa shape index (κ1) is 36.1. The largest absolute Gasteiger partial charge is 4.00 e. The van der Waals surface area contributed by atoms with Crippen LogP contribution >= 0.6 is 0 Å². The summed E-state index contributed by atoms with van der Waals surface area (Å²) in [6.45, 7) is 23.1. The average molecular weight is 557 g/mol. The molecule has 0 N–H and O–H groups in total. The topological polar surface area (TPSA) is 0 Å². The van der Waals surface area contributed by atoms with Gasteiger partial charge in [-0.2, -0.15) is 11.1 Å². The summed E-state index contributed by atoms with van der Waals surface area (Å²) in [5, 5.41) is 4.33. The van der Waals surface area contributed by atoms with Gasteiger partial charge in [-0.25, -0.2) is 5.57 Å². The summed E-state index contributed by atoms with van der Waals surface area (Å²) in [6, 6.07) is 21.2. The van der Waals surface area contributed by atoms with Crippen LogP contribution in [0.4, 0.5) is 0 Å². The van der Waals surface area contributed by atoms with Crippen LogP contribution in [0.1, 0.15) is 61.1 Å². The third-order valence-electron chi connectivity index (χ3n) is 8.73. The molecule has 2 heteroatoms. The summed E-state index contributed by atoms with van der Waals surface area (Å²) >= 11 is 0. The van der Waals surface area contributed by atoms with Crippen LogP contribution in [0.2, 0.25) is 5.04 Å². The number of rotatable bonds is 4. The number of benzene rings is 3. The molecule has 4 rings (SSSR count). The Kier molecular flexibility index (Phi) is 12.3. The van der Waals surface area contributed by atoms with Gasteiger partial charge in [0.25, 0.3) is 0 Å². The molecule has 0 aliphatic heterocycles. The Hall–Kier alpha value is -1.93. The van der Waals surface area contributed by atoms with E-state index in [1.807, 2.05) is 0 Å². The van der Waals surface area contributed by atoms with Gasteiger partial charge in [0.1, 0.15) is 8.07 Å². The minimum atomic E-state index is -2.67. The molecule has 0 fully saturated rings. The van der Waals surface area contributed by atoms with Gasteiger partial charge in [0.05, 0.1) is 0 Å². The fourth-order valence-electron chi connectivity index (χ4n) is 6.38. The van der Waals surface area contributed by atoms with Crippen molar-refractivity contribution in [1.82, 2.24) is 0 Å². The summed E-state index contributed by atoms with van der Waals surface area (Å²) in [5.74, 6) is 0. The Morgan fingerprint density at radius 3 is 1.42 bits per heavy atom. The Balaban J connectivity index is 0.00000342. The predicted molar refractivity (Wildman–Crippen MR) is 171 cm³/mol. The molecule has 38 heavy (non-hydrogen) atoms. The monoisotopic (exact) mass is 556 g/mol. The van der Waals surface area contributed by atoms with Gasteiger partial charge in [0.2, 0.25) is 0 Å². The van der Waals surface area contributed by atoms with E-state index in [-0.39, 0.29) is 49.0 Å². The fraction of sp³-hybridized carbons (Fsp3) is 0.306. The molecular formula is C36H48SiTi. The minimum Gasteiger partial charge on any atom is -0.358 e. The molecule has 1 unspecified atom stereocenters. The number of hydrogen-bond acceptors (Lipinski definition) is 0.